The van der Waals surface area contributed by atoms with E-state index in [0.29, 0.717) is 12.5 Å². The molecule has 0 spiro atoms. The van der Waals surface area contributed by atoms with Crippen molar-refractivity contribution >= 4 is 5.91 Å². The molecular weight excluding hydrogens is 200 g/mol. The summed E-state index contributed by atoms with van der Waals surface area (Å²) in [7, 11) is 0. The zero-order valence-corrected chi connectivity index (χ0v) is 10.3. The lowest BCUT2D eigenvalue weighted by molar-refractivity contribution is -0.124. The van der Waals surface area contributed by atoms with Crippen LogP contribution in [-0.4, -0.2) is 24.0 Å². The molecule has 2 aliphatic rings. The van der Waals surface area contributed by atoms with E-state index in [4.69, 9.17) is 0 Å². The monoisotopic (exact) mass is 224 g/mol. The highest BCUT2D eigenvalue weighted by Crippen LogP contribution is 2.31. The van der Waals surface area contributed by atoms with Crippen molar-refractivity contribution in [3.63, 3.8) is 0 Å². The minimum Gasteiger partial charge on any atom is -0.351 e. The molecule has 1 aliphatic heterocycles. The van der Waals surface area contributed by atoms with Crippen LogP contribution in [0.1, 0.15) is 58.3 Å². The Morgan fingerprint density at radius 2 is 2.19 bits per heavy atom. The summed E-state index contributed by atoms with van der Waals surface area (Å²) in [4.78, 5) is 11.8. The van der Waals surface area contributed by atoms with Gasteiger partial charge in [-0.25, -0.2) is 0 Å². The first-order chi connectivity index (χ1) is 7.68. The van der Waals surface area contributed by atoms with Gasteiger partial charge in [-0.3, -0.25) is 4.79 Å². The predicted molar refractivity (Wildman–Crippen MR) is 65.3 cm³/mol. The van der Waals surface area contributed by atoms with E-state index in [1.54, 1.807) is 0 Å². The number of amides is 1. The van der Waals surface area contributed by atoms with Gasteiger partial charge in [-0.2, -0.15) is 0 Å². The highest BCUT2D eigenvalue weighted by atomic mass is 16.1. The van der Waals surface area contributed by atoms with E-state index in [9.17, 15) is 4.79 Å². The summed E-state index contributed by atoms with van der Waals surface area (Å²) < 4.78 is 0. The largest absolute Gasteiger partial charge is 0.351 e. The molecule has 1 saturated heterocycles. The van der Waals surface area contributed by atoms with Gasteiger partial charge in [-0.1, -0.05) is 6.42 Å². The van der Waals surface area contributed by atoms with Crippen molar-refractivity contribution in [2.45, 2.75) is 69.9 Å². The van der Waals surface area contributed by atoms with Crippen molar-refractivity contribution in [3.05, 3.63) is 0 Å². The Morgan fingerprint density at radius 1 is 1.38 bits per heavy atom. The molecule has 2 N–H and O–H groups in total. The van der Waals surface area contributed by atoms with Crippen LogP contribution in [0.2, 0.25) is 0 Å². The molecule has 2 fully saturated rings. The number of piperidine rings is 1. The van der Waals surface area contributed by atoms with Gasteiger partial charge in [0.25, 0.3) is 0 Å². The Labute approximate surface area is 98.4 Å². The van der Waals surface area contributed by atoms with Crippen molar-refractivity contribution in [1.29, 1.82) is 0 Å². The van der Waals surface area contributed by atoms with Crippen LogP contribution >= 0.6 is 0 Å². The maximum absolute atomic E-state index is 11.8. The van der Waals surface area contributed by atoms with E-state index in [2.05, 4.69) is 17.6 Å². The number of hydrogen-bond donors (Lipinski definition) is 2. The molecule has 0 radical (unpaired) electrons. The normalized spacial score (nSPS) is 28.2. The Kier molecular flexibility index (Phi) is 3.85. The molecule has 0 aromatic rings. The summed E-state index contributed by atoms with van der Waals surface area (Å²) in [6.07, 6.45) is 9.11. The fourth-order valence-electron chi connectivity index (χ4n) is 2.71. The summed E-state index contributed by atoms with van der Waals surface area (Å²) in [5.74, 6) is 0.245. The van der Waals surface area contributed by atoms with Crippen LogP contribution in [0.15, 0.2) is 0 Å². The summed E-state index contributed by atoms with van der Waals surface area (Å²) in [5, 5.41) is 6.65. The molecule has 1 heterocycles. The van der Waals surface area contributed by atoms with Gasteiger partial charge in [0, 0.05) is 18.0 Å². The molecule has 92 valence electrons. The first-order valence-corrected chi connectivity index (χ1v) is 6.72. The fraction of sp³-hybridized carbons (Fsp3) is 0.923. The molecule has 1 unspecified atom stereocenters. The second kappa shape index (κ2) is 5.17. The lowest BCUT2D eigenvalue weighted by Gasteiger charge is -2.39. The Bertz CT molecular complexity index is 242. The Balaban J connectivity index is 1.63. The third-order valence-electron chi connectivity index (χ3n) is 4.03. The molecule has 2 rings (SSSR count). The highest BCUT2D eigenvalue weighted by Gasteiger charge is 2.32. The molecule has 1 saturated carbocycles. The first-order valence-electron chi connectivity index (χ1n) is 6.72. The van der Waals surface area contributed by atoms with E-state index in [1.165, 1.54) is 25.7 Å². The van der Waals surface area contributed by atoms with Gasteiger partial charge in [-0.05, 0) is 52.0 Å². The van der Waals surface area contributed by atoms with E-state index in [0.717, 1.165) is 25.8 Å². The molecule has 1 aliphatic carbocycles. The van der Waals surface area contributed by atoms with Gasteiger partial charge in [0.2, 0.25) is 5.91 Å². The minimum atomic E-state index is 0.122. The quantitative estimate of drug-likeness (QED) is 0.766. The van der Waals surface area contributed by atoms with Crippen molar-refractivity contribution in [3.8, 4) is 0 Å². The van der Waals surface area contributed by atoms with Crippen LogP contribution in [-0.2, 0) is 4.79 Å². The topological polar surface area (TPSA) is 41.1 Å². The zero-order valence-electron chi connectivity index (χ0n) is 10.3. The first kappa shape index (κ1) is 11.9. The van der Waals surface area contributed by atoms with Crippen molar-refractivity contribution in [1.82, 2.24) is 10.6 Å². The molecule has 3 heteroatoms. The average Bonchev–Trinajstić information content (AvgIpc) is 2.26. The third kappa shape index (κ3) is 3.21. The fourth-order valence-corrected chi connectivity index (χ4v) is 2.71. The van der Waals surface area contributed by atoms with E-state index in [-0.39, 0.29) is 11.4 Å². The van der Waals surface area contributed by atoms with Crippen LogP contribution < -0.4 is 10.6 Å². The highest BCUT2D eigenvalue weighted by molar-refractivity contribution is 5.76. The van der Waals surface area contributed by atoms with Gasteiger partial charge in [0.15, 0.2) is 0 Å². The van der Waals surface area contributed by atoms with Crippen LogP contribution in [0, 0.1) is 0 Å². The number of carbonyl (C=O) groups is 1. The SMILES string of the molecule is CC1(NC(=O)CCC2CCCCN2)CCC1. The van der Waals surface area contributed by atoms with Gasteiger partial charge in [0.1, 0.15) is 0 Å². The molecule has 16 heavy (non-hydrogen) atoms. The molecule has 0 aromatic carbocycles. The lowest BCUT2D eigenvalue weighted by atomic mass is 9.78. The molecule has 1 atom stereocenters. The van der Waals surface area contributed by atoms with Crippen molar-refractivity contribution in [2.24, 2.45) is 0 Å². The van der Waals surface area contributed by atoms with Crippen LogP contribution in [0.5, 0.6) is 0 Å². The van der Waals surface area contributed by atoms with Crippen LogP contribution in [0.25, 0.3) is 0 Å². The number of rotatable bonds is 4. The molecule has 0 aromatic heterocycles. The summed E-state index contributed by atoms with van der Waals surface area (Å²) >= 11 is 0. The van der Waals surface area contributed by atoms with Gasteiger partial charge < -0.3 is 10.6 Å². The summed E-state index contributed by atoms with van der Waals surface area (Å²) in [6, 6.07) is 0.577. The van der Waals surface area contributed by atoms with Gasteiger partial charge in [-0.15, -0.1) is 0 Å². The third-order valence-corrected chi connectivity index (χ3v) is 4.03. The number of nitrogens with one attached hydrogen (secondary N) is 2. The number of carbonyl (C=O) groups excluding carboxylic acids is 1. The van der Waals surface area contributed by atoms with Crippen LogP contribution in [0.4, 0.5) is 0 Å². The molecular formula is C13H24N2O. The maximum atomic E-state index is 11.8. The summed E-state index contributed by atoms with van der Waals surface area (Å²) in [6.45, 7) is 3.29. The predicted octanol–water partition coefficient (Wildman–Crippen LogP) is 1.97. The standard InChI is InChI=1S/C13H24N2O/c1-13(8-4-9-13)15-12(16)7-6-11-5-2-3-10-14-11/h11,14H,2-10H2,1H3,(H,15,16). The molecule has 0 bridgehead atoms. The van der Waals surface area contributed by atoms with Crippen LogP contribution in [0.3, 0.4) is 0 Å². The number of hydrogen-bond acceptors (Lipinski definition) is 2. The van der Waals surface area contributed by atoms with E-state index in [1.807, 2.05) is 0 Å². The van der Waals surface area contributed by atoms with E-state index >= 15 is 0 Å². The second-order valence-corrected chi connectivity index (χ2v) is 5.65. The van der Waals surface area contributed by atoms with E-state index < -0.39 is 0 Å². The molecule has 3 nitrogen and oxygen atoms in total. The second-order valence-electron chi connectivity index (χ2n) is 5.65. The van der Waals surface area contributed by atoms with Crippen molar-refractivity contribution < 1.29 is 4.79 Å². The smallest absolute Gasteiger partial charge is 0.220 e. The Hall–Kier alpha value is -0.570. The average molecular weight is 224 g/mol. The lowest BCUT2D eigenvalue weighted by Crippen LogP contribution is -2.51. The van der Waals surface area contributed by atoms with Crippen molar-refractivity contribution in [2.75, 3.05) is 6.54 Å². The van der Waals surface area contributed by atoms with Gasteiger partial charge >= 0.3 is 0 Å². The summed E-state index contributed by atoms with van der Waals surface area (Å²) in [5.41, 5.74) is 0.122. The Morgan fingerprint density at radius 3 is 2.75 bits per heavy atom. The minimum absolute atomic E-state index is 0.122. The molecule has 1 amide bonds. The maximum Gasteiger partial charge on any atom is 0.220 e. The zero-order chi connectivity index (χ0) is 11.4. The van der Waals surface area contributed by atoms with Gasteiger partial charge in [0.05, 0.1) is 0 Å².